The number of sulfonamides is 1. The van der Waals surface area contributed by atoms with Crippen molar-refractivity contribution < 1.29 is 35.9 Å². The summed E-state index contributed by atoms with van der Waals surface area (Å²) in [5.74, 6) is -1.85. The van der Waals surface area contributed by atoms with Crippen molar-refractivity contribution >= 4 is 27.6 Å². The summed E-state index contributed by atoms with van der Waals surface area (Å²) in [4.78, 5) is 24.3. The van der Waals surface area contributed by atoms with Crippen LogP contribution in [-0.2, 0) is 25.7 Å². The molecule has 0 bridgehead atoms. The Hall–Kier alpha value is -2.92. The second-order valence-electron chi connectivity index (χ2n) is 6.58. The van der Waals surface area contributed by atoms with E-state index in [9.17, 15) is 31.2 Å². The molecule has 11 heteroatoms. The van der Waals surface area contributed by atoms with Gasteiger partial charge in [0.15, 0.2) is 6.10 Å². The number of halogens is 3. The van der Waals surface area contributed by atoms with Crippen LogP contribution in [0, 0.1) is 13.8 Å². The molecule has 7 nitrogen and oxygen atoms in total. The normalized spacial score (nSPS) is 12.9. The number of aryl methyl sites for hydroxylation is 1. The molecule has 0 saturated carbocycles. The zero-order valence-electron chi connectivity index (χ0n) is 16.2. The zero-order valence-corrected chi connectivity index (χ0v) is 17.0. The number of carbonyl (C=O) groups excluding carboxylic acids is 2. The quantitative estimate of drug-likeness (QED) is 0.688. The number of rotatable bonds is 5. The van der Waals surface area contributed by atoms with Gasteiger partial charge in [-0.2, -0.15) is 13.2 Å². The number of ether oxygens (including phenoxy) is 1. The maximum Gasteiger partial charge on any atom is 0.416 e. The molecule has 0 fully saturated rings. The monoisotopic (exact) mass is 444 g/mol. The number of nitrogens with two attached hydrogens (primary N) is 1. The Morgan fingerprint density at radius 2 is 1.77 bits per heavy atom. The number of alkyl halides is 3. The third-order valence-corrected chi connectivity index (χ3v) is 5.31. The first kappa shape index (κ1) is 23.4. The predicted octanol–water partition coefficient (Wildman–Crippen LogP) is 3.15. The Labute approximate surface area is 171 Å². The lowest BCUT2D eigenvalue weighted by Gasteiger charge is -2.16. The summed E-state index contributed by atoms with van der Waals surface area (Å²) >= 11 is 0. The van der Waals surface area contributed by atoms with Crippen LogP contribution in [0.5, 0.6) is 0 Å². The van der Waals surface area contributed by atoms with Gasteiger partial charge in [-0.05, 0) is 62.2 Å². The predicted molar refractivity (Wildman–Crippen MR) is 102 cm³/mol. The Morgan fingerprint density at radius 1 is 1.13 bits per heavy atom. The van der Waals surface area contributed by atoms with Gasteiger partial charge in [0.25, 0.3) is 5.91 Å². The largest absolute Gasteiger partial charge is 0.449 e. The first-order valence-corrected chi connectivity index (χ1v) is 10.1. The third kappa shape index (κ3) is 5.57. The van der Waals surface area contributed by atoms with E-state index in [2.05, 4.69) is 5.32 Å². The average molecular weight is 444 g/mol. The molecule has 0 aliphatic rings. The standard InChI is InChI=1S/C19H19F3N2O5S/c1-10-7-13(8-16(11(10)2)30(23,27)28)18(26)29-12(3)17(25)24-15-6-4-5-14(9-15)19(20,21)22/h4-9,12H,1-3H3,(H,24,25)(H2,23,27,28). The number of hydrogen-bond acceptors (Lipinski definition) is 5. The van der Waals surface area contributed by atoms with Gasteiger partial charge < -0.3 is 10.1 Å². The molecule has 0 radical (unpaired) electrons. The maximum absolute atomic E-state index is 12.8. The first-order valence-electron chi connectivity index (χ1n) is 8.53. The molecule has 2 aromatic rings. The van der Waals surface area contributed by atoms with Crippen LogP contribution in [0.3, 0.4) is 0 Å². The van der Waals surface area contributed by atoms with E-state index in [0.717, 1.165) is 24.3 Å². The highest BCUT2D eigenvalue weighted by Crippen LogP contribution is 2.30. The van der Waals surface area contributed by atoms with Crippen LogP contribution in [0.15, 0.2) is 41.3 Å². The molecule has 3 N–H and O–H groups in total. The Morgan fingerprint density at radius 3 is 2.33 bits per heavy atom. The van der Waals surface area contributed by atoms with Crippen LogP contribution in [0.2, 0.25) is 0 Å². The van der Waals surface area contributed by atoms with E-state index < -0.39 is 39.7 Å². The second-order valence-corrected chi connectivity index (χ2v) is 8.11. The molecule has 0 spiro atoms. The molecule has 1 unspecified atom stereocenters. The molecule has 2 aromatic carbocycles. The Balaban J connectivity index is 2.16. The van der Waals surface area contributed by atoms with Gasteiger partial charge in [-0.25, -0.2) is 18.4 Å². The van der Waals surface area contributed by atoms with Crippen molar-refractivity contribution in [2.24, 2.45) is 5.14 Å². The van der Waals surface area contributed by atoms with Crippen molar-refractivity contribution in [3.8, 4) is 0 Å². The molecule has 1 amide bonds. The van der Waals surface area contributed by atoms with Gasteiger partial charge in [-0.1, -0.05) is 6.07 Å². The number of hydrogen-bond donors (Lipinski definition) is 2. The molecule has 0 heterocycles. The fraction of sp³-hybridized carbons (Fsp3) is 0.263. The molecule has 0 aromatic heterocycles. The Kier molecular flexibility index (Phi) is 6.57. The fourth-order valence-electron chi connectivity index (χ4n) is 2.54. The van der Waals surface area contributed by atoms with Crippen LogP contribution >= 0.6 is 0 Å². The van der Waals surface area contributed by atoms with Gasteiger partial charge in [0, 0.05) is 5.69 Å². The van der Waals surface area contributed by atoms with E-state index in [4.69, 9.17) is 9.88 Å². The van der Waals surface area contributed by atoms with Gasteiger partial charge in [0.05, 0.1) is 16.0 Å². The topological polar surface area (TPSA) is 116 Å². The van der Waals surface area contributed by atoms with Crippen LogP contribution in [0.25, 0.3) is 0 Å². The van der Waals surface area contributed by atoms with E-state index >= 15 is 0 Å². The van der Waals surface area contributed by atoms with E-state index in [0.29, 0.717) is 11.1 Å². The van der Waals surface area contributed by atoms with Gasteiger partial charge in [0.1, 0.15) is 0 Å². The molecule has 2 rings (SSSR count). The van der Waals surface area contributed by atoms with Crippen LogP contribution in [0.1, 0.15) is 34.0 Å². The lowest BCUT2D eigenvalue weighted by atomic mass is 10.1. The molecule has 0 saturated heterocycles. The molecule has 162 valence electrons. The van der Waals surface area contributed by atoms with Gasteiger partial charge in [-0.15, -0.1) is 0 Å². The number of anilines is 1. The summed E-state index contributed by atoms with van der Waals surface area (Å²) in [6.45, 7) is 4.32. The van der Waals surface area contributed by atoms with Gasteiger partial charge >= 0.3 is 12.1 Å². The first-order chi connectivity index (χ1) is 13.7. The van der Waals surface area contributed by atoms with Crippen LogP contribution in [-0.4, -0.2) is 26.4 Å². The summed E-state index contributed by atoms with van der Waals surface area (Å²) in [5, 5.41) is 7.38. The minimum Gasteiger partial charge on any atom is -0.449 e. The molecular weight excluding hydrogens is 425 g/mol. The molecular formula is C19H19F3N2O5S. The lowest BCUT2D eigenvalue weighted by molar-refractivity contribution is -0.137. The number of amides is 1. The zero-order chi connectivity index (χ0) is 22.9. The average Bonchev–Trinajstić information content (AvgIpc) is 2.62. The number of carbonyl (C=O) groups is 2. The maximum atomic E-state index is 12.8. The number of esters is 1. The molecule has 0 aliphatic heterocycles. The number of nitrogens with one attached hydrogen (secondary N) is 1. The molecule has 30 heavy (non-hydrogen) atoms. The van der Waals surface area contributed by atoms with Crippen molar-refractivity contribution in [1.29, 1.82) is 0 Å². The number of primary sulfonamides is 1. The van der Waals surface area contributed by atoms with Crippen molar-refractivity contribution in [3.63, 3.8) is 0 Å². The summed E-state index contributed by atoms with van der Waals surface area (Å²) in [7, 11) is -4.09. The van der Waals surface area contributed by atoms with Gasteiger partial charge in [-0.3, -0.25) is 4.79 Å². The lowest BCUT2D eigenvalue weighted by Crippen LogP contribution is -2.30. The van der Waals surface area contributed by atoms with Crippen molar-refractivity contribution in [1.82, 2.24) is 0 Å². The molecule has 1 atom stereocenters. The highest BCUT2D eigenvalue weighted by Gasteiger charge is 2.30. The van der Waals surface area contributed by atoms with E-state index in [1.807, 2.05) is 0 Å². The summed E-state index contributed by atoms with van der Waals surface area (Å²) < 4.78 is 66.7. The highest BCUT2D eigenvalue weighted by molar-refractivity contribution is 7.89. The summed E-state index contributed by atoms with van der Waals surface area (Å²) in [6.07, 6.45) is -5.95. The summed E-state index contributed by atoms with van der Waals surface area (Å²) in [5.41, 5.74) is -0.379. The van der Waals surface area contributed by atoms with Gasteiger partial charge in [0.2, 0.25) is 10.0 Å². The van der Waals surface area contributed by atoms with E-state index in [1.54, 1.807) is 6.92 Å². The van der Waals surface area contributed by atoms with Crippen molar-refractivity contribution in [2.45, 2.75) is 37.9 Å². The third-order valence-electron chi connectivity index (χ3n) is 4.27. The highest BCUT2D eigenvalue weighted by atomic mass is 32.2. The smallest absolute Gasteiger partial charge is 0.416 e. The van der Waals surface area contributed by atoms with E-state index in [1.165, 1.54) is 26.0 Å². The molecule has 0 aliphatic carbocycles. The minimum atomic E-state index is -4.58. The van der Waals surface area contributed by atoms with Crippen LogP contribution in [0.4, 0.5) is 18.9 Å². The summed E-state index contributed by atoms with van der Waals surface area (Å²) in [6, 6.07) is 6.39. The fourth-order valence-corrected chi connectivity index (χ4v) is 3.42. The second kappa shape index (κ2) is 8.44. The number of benzene rings is 2. The van der Waals surface area contributed by atoms with Crippen LogP contribution < -0.4 is 10.5 Å². The van der Waals surface area contributed by atoms with E-state index in [-0.39, 0.29) is 16.1 Å². The van der Waals surface area contributed by atoms with Crippen molar-refractivity contribution in [2.75, 3.05) is 5.32 Å². The minimum absolute atomic E-state index is 0.125. The Bertz CT molecular complexity index is 1100. The SMILES string of the molecule is Cc1cc(C(=O)OC(C)C(=O)Nc2cccc(C(F)(F)F)c2)cc(S(N)(=O)=O)c1C. The van der Waals surface area contributed by atoms with Crippen molar-refractivity contribution in [3.05, 3.63) is 58.7 Å².